The predicted molar refractivity (Wildman–Crippen MR) is 103 cm³/mol. The Labute approximate surface area is 155 Å². The van der Waals surface area contributed by atoms with E-state index >= 15 is 0 Å². The maximum Gasteiger partial charge on any atom is 0.188 e. The number of aromatic nitrogens is 2. The van der Waals surface area contributed by atoms with Crippen LogP contribution in [-0.2, 0) is 0 Å². The van der Waals surface area contributed by atoms with Gasteiger partial charge >= 0.3 is 0 Å². The lowest BCUT2D eigenvalue weighted by molar-refractivity contribution is 0.0904. The van der Waals surface area contributed by atoms with E-state index in [0.29, 0.717) is 10.6 Å². The van der Waals surface area contributed by atoms with Crippen molar-refractivity contribution in [2.24, 2.45) is 0 Å². The van der Waals surface area contributed by atoms with Gasteiger partial charge in [0.15, 0.2) is 5.78 Å². The molecule has 4 rings (SSSR count). The molecule has 4 aromatic rings. The van der Waals surface area contributed by atoms with E-state index in [2.05, 4.69) is 9.97 Å². The molecule has 0 aliphatic carbocycles. The van der Waals surface area contributed by atoms with Crippen LogP contribution in [0.4, 0.5) is 0 Å². The molecule has 2 N–H and O–H groups in total. The van der Waals surface area contributed by atoms with Crippen molar-refractivity contribution in [3.05, 3.63) is 77.3 Å². The van der Waals surface area contributed by atoms with Gasteiger partial charge in [0, 0.05) is 16.1 Å². The number of carbonyl (C=O) groups is 1. The van der Waals surface area contributed by atoms with Gasteiger partial charge < -0.3 is 10.1 Å². The molecule has 5 heteroatoms. The van der Waals surface area contributed by atoms with Gasteiger partial charge in [-0.2, -0.15) is 0 Å². The van der Waals surface area contributed by atoms with Crippen molar-refractivity contribution < 1.29 is 9.90 Å². The minimum atomic E-state index is -0.503. The van der Waals surface area contributed by atoms with E-state index in [-0.39, 0.29) is 5.78 Å². The number of nitrogens with zero attached hydrogens (tertiary/aromatic N) is 1. The summed E-state index contributed by atoms with van der Waals surface area (Å²) in [7, 11) is 0. The second-order valence-electron chi connectivity index (χ2n) is 5.99. The average molecular weight is 363 g/mol. The molecule has 0 amide bonds. The van der Waals surface area contributed by atoms with Crippen molar-refractivity contribution in [2.75, 3.05) is 6.61 Å². The SMILES string of the molecule is O=C(CO)c1ccc2nc(-c3ccc(-c4cccc(Cl)c4)cc3)[nH]c2c1. The third kappa shape index (κ3) is 3.12. The predicted octanol–water partition coefficient (Wildman–Crippen LogP) is 4.73. The monoisotopic (exact) mass is 362 g/mol. The number of Topliss-reactive ketones (excluding diaryl/α,β-unsaturated/α-hetero) is 1. The first-order valence-corrected chi connectivity index (χ1v) is 8.52. The second-order valence-corrected chi connectivity index (χ2v) is 6.42. The number of benzene rings is 3. The molecule has 0 fully saturated rings. The number of aliphatic hydroxyl groups is 1. The number of fused-ring (bicyclic) bond motifs is 1. The van der Waals surface area contributed by atoms with Crippen molar-refractivity contribution in [1.29, 1.82) is 0 Å². The zero-order chi connectivity index (χ0) is 18.1. The molecule has 0 aliphatic rings. The van der Waals surface area contributed by atoms with Crippen LogP contribution < -0.4 is 0 Å². The van der Waals surface area contributed by atoms with Crippen molar-refractivity contribution in [3.8, 4) is 22.5 Å². The molecule has 0 bridgehead atoms. The number of rotatable bonds is 4. The summed E-state index contributed by atoms with van der Waals surface area (Å²) >= 11 is 6.06. The summed E-state index contributed by atoms with van der Waals surface area (Å²) in [6.45, 7) is -0.503. The second kappa shape index (κ2) is 6.75. The summed E-state index contributed by atoms with van der Waals surface area (Å²) in [4.78, 5) is 19.4. The number of nitrogens with one attached hydrogen (secondary N) is 1. The molecule has 0 atom stereocenters. The quantitative estimate of drug-likeness (QED) is 0.516. The Morgan fingerprint density at radius 3 is 2.46 bits per heavy atom. The fourth-order valence-electron chi connectivity index (χ4n) is 2.90. The summed E-state index contributed by atoms with van der Waals surface area (Å²) in [5.74, 6) is 0.417. The van der Waals surface area contributed by atoms with E-state index < -0.39 is 6.61 Å². The molecule has 0 saturated carbocycles. The van der Waals surface area contributed by atoms with Crippen LogP contribution in [-0.4, -0.2) is 27.5 Å². The molecule has 1 heterocycles. The average Bonchev–Trinajstić information content (AvgIpc) is 3.11. The van der Waals surface area contributed by atoms with Gasteiger partial charge in [0.1, 0.15) is 12.4 Å². The van der Waals surface area contributed by atoms with Gasteiger partial charge in [-0.3, -0.25) is 4.79 Å². The minimum absolute atomic E-state index is 0.311. The van der Waals surface area contributed by atoms with E-state index in [1.165, 1.54) is 0 Å². The molecule has 26 heavy (non-hydrogen) atoms. The number of imidazole rings is 1. The standard InChI is InChI=1S/C21H15ClN2O2/c22-17-3-1-2-15(10-17)13-4-6-14(7-5-13)21-23-18-9-8-16(20(26)12-25)11-19(18)24-21/h1-11,25H,12H2,(H,23,24). The molecule has 4 nitrogen and oxygen atoms in total. The van der Waals surface area contributed by atoms with E-state index in [9.17, 15) is 4.79 Å². The van der Waals surface area contributed by atoms with Crippen molar-refractivity contribution >= 4 is 28.4 Å². The van der Waals surface area contributed by atoms with Crippen LogP contribution in [0.2, 0.25) is 5.02 Å². The molecule has 0 saturated heterocycles. The summed E-state index contributed by atoms with van der Waals surface area (Å²) in [6, 6.07) is 20.9. The largest absolute Gasteiger partial charge is 0.388 e. The Morgan fingerprint density at radius 1 is 0.962 bits per heavy atom. The number of hydrogen-bond acceptors (Lipinski definition) is 3. The fraction of sp³-hybridized carbons (Fsp3) is 0.0476. The van der Waals surface area contributed by atoms with E-state index in [0.717, 1.165) is 33.5 Å². The lowest BCUT2D eigenvalue weighted by Gasteiger charge is -2.03. The van der Waals surface area contributed by atoms with Crippen LogP contribution in [0.5, 0.6) is 0 Å². The summed E-state index contributed by atoms with van der Waals surface area (Å²) < 4.78 is 0. The van der Waals surface area contributed by atoms with Crippen LogP contribution in [0.1, 0.15) is 10.4 Å². The first kappa shape index (κ1) is 16.5. The highest BCUT2D eigenvalue weighted by molar-refractivity contribution is 6.30. The minimum Gasteiger partial charge on any atom is -0.388 e. The number of halogens is 1. The highest BCUT2D eigenvalue weighted by Gasteiger charge is 2.09. The Bertz CT molecular complexity index is 1100. The van der Waals surface area contributed by atoms with Crippen molar-refractivity contribution in [3.63, 3.8) is 0 Å². The Hall–Kier alpha value is -2.95. The third-order valence-electron chi connectivity index (χ3n) is 4.26. The van der Waals surface area contributed by atoms with Crippen LogP contribution in [0.15, 0.2) is 66.7 Å². The van der Waals surface area contributed by atoms with Crippen LogP contribution >= 0.6 is 11.6 Å². The number of hydrogen-bond donors (Lipinski definition) is 2. The van der Waals surface area contributed by atoms with Gasteiger partial charge in [-0.1, -0.05) is 48.0 Å². The molecular weight excluding hydrogens is 348 g/mol. The highest BCUT2D eigenvalue weighted by atomic mass is 35.5. The smallest absolute Gasteiger partial charge is 0.188 e. The van der Waals surface area contributed by atoms with Crippen LogP contribution in [0, 0.1) is 0 Å². The topological polar surface area (TPSA) is 66.0 Å². The van der Waals surface area contributed by atoms with Gasteiger partial charge in [0.2, 0.25) is 0 Å². The number of H-pyrrole nitrogens is 1. The zero-order valence-electron chi connectivity index (χ0n) is 13.7. The lowest BCUT2D eigenvalue weighted by Crippen LogP contribution is -2.03. The van der Waals surface area contributed by atoms with Gasteiger partial charge in [0.05, 0.1) is 11.0 Å². The lowest BCUT2D eigenvalue weighted by atomic mass is 10.0. The Kier molecular flexibility index (Phi) is 4.29. The van der Waals surface area contributed by atoms with Gasteiger partial charge in [-0.25, -0.2) is 4.98 Å². The maximum atomic E-state index is 11.6. The zero-order valence-corrected chi connectivity index (χ0v) is 14.5. The summed E-state index contributed by atoms with van der Waals surface area (Å²) in [5, 5.41) is 9.70. The first-order valence-electron chi connectivity index (χ1n) is 8.14. The maximum absolute atomic E-state index is 11.6. The number of aromatic amines is 1. The Balaban J connectivity index is 1.68. The van der Waals surface area contributed by atoms with E-state index in [1.54, 1.807) is 18.2 Å². The van der Waals surface area contributed by atoms with Gasteiger partial charge in [-0.15, -0.1) is 0 Å². The summed E-state index contributed by atoms with van der Waals surface area (Å²) in [6.07, 6.45) is 0. The first-order chi connectivity index (χ1) is 12.6. The van der Waals surface area contributed by atoms with E-state index in [4.69, 9.17) is 16.7 Å². The van der Waals surface area contributed by atoms with Crippen molar-refractivity contribution in [2.45, 2.75) is 0 Å². The molecule has 3 aromatic carbocycles. The molecular formula is C21H15ClN2O2. The summed E-state index contributed by atoms with van der Waals surface area (Å²) in [5.41, 5.74) is 5.07. The molecule has 0 spiro atoms. The normalized spacial score (nSPS) is 11.0. The van der Waals surface area contributed by atoms with Gasteiger partial charge in [0.25, 0.3) is 0 Å². The van der Waals surface area contributed by atoms with Crippen LogP contribution in [0.25, 0.3) is 33.5 Å². The van der Waals surface area contributed by atoms with Crippen LogP contribution in [0.3, 0.4) is 0 Å². The highest BCUT2D eigenvalue weighted by Crippen LogP contribution is 2.26. The van der Waals surface area contributed by atoms with Crippen molar-refractivity contribution in [1.82, 2.24) is 9.97 Å². The van der Waals surface area contributed by atoms with Gasteiger partial charge in [-0.05, 0) is 41.5 Å². The number of carbonyl (C=O) groups excluding carboxylic acids is 1. The number of aliphatic hydroxyl groups excluding tert-OH is 1. The molecule has 0 radical (unpaired) electrons. The molecule has 0 aliphatic heterocycles. The number of ketones is 1. The molecule has 0 unspecified atom stereocenters. The Morgan fingerprint density at radius 2 is 1.73 bits per heavy atom. The third-order valence-corrected chi connectivity index (χ3v) is 4.50. The fourth-order valence-corrected chi connectivity index (χ4v) is 3.09. The van der Waals surface area contributed by atoms with E-state index in [1.807, 2.05) is 48.5 Å². The molecule has 128 valence electrons. The molecule has 1 aromatic heterocycles.